The summed E-state index contributed by atoms with van der Waals surface area (Å²) in [4.78, 5) is 42.8. The van der Waals surface area contributed by atoms with Crippen LogP contribution in [0.15, 0.2) is 0 Å². The Labute approximate surface area is 189 Å². The monoisotopic (exact) mass is 456 g/mol. The molecule has 0 amide bonds. The van der Waals surface area contributed by atoms with Gasteiger partial charge in [-0.2, -0.15) is 4.37 Å². The van der Waals surface area contributed by atoms with E-state index in [-0.39, 0.29) is 23.8 Å². The molecule has 9 heteroatoms. The van der Waals surface area contributed by atoms with Gasteiger partial charge in [-0.15, -0.1) is 0 Å². The van der Waals surface area contributed by atoms with E-state index in [1.165, 1.54) is 0 Å². The van der Waals surface area contributed by atoms with Gasteiger partial charge in [-0.3, -0.25) is 14.4 Å². The van der Waals surface area contributed by atoms with Gasteiger partial charge in [0.2, 0.25) is 5.41 Å². The fourth-order valence-electron chi connectivity index (χ4n) is 2.84. The summed E-state index contributed by atoms with van der Waals surface area (Å²) in [7, 11) is 0. The molecule has 1 rings (SSSR count). The quantitative estimate of drug-likeness (QED) is 0.222. The number of aromatic nitrogens is 2. The van der Waals surface area contributed by atoms with Crippen molar-refractivity contribution in [3.8, 4) is 0 Å². The van der Waals surface area contributed by atoms with Crippen LogP contribution < -0.4 is 0 Å². The number of carbonyl (C=O) groups is 3. The molecular weight excluding hydrogens is 420 g/mol. The molecule has 0 spiro atoms. The zero-order valence-corrected chi connectivity index (χ0v) is 20.8. The molecule has 0 saturated carbocycles. The lowest BCUT2D eigenvalue weighted by Crippen LogP contribution is -2.50. The highest BCUT2D eigenvalue weighted by Gasteiger charge is 2.54. The Kier molecular flexibility index (Phi) is 9.60. The van der Waals surface area contributed by atoms with E-state index in [9.17, 15) is 14.4 Å². The van der Waals surface area contributed by atoms with E-state index in [0.29, 0.717) is 31.7 Å². The Morgan fingerprint density at radius 1 is 0.903 bits per heavy atom. The number of hydrogen-bond donors (Lipinski definition) is 0. The van der Waals surface area contributed by atoms with Gasteiger partial charge in [0.1, 0.15) is 22.0 Å². The van der Waals surface area contributed by atoms with E-state index in [2.05, 4.69) is 9.36 Å². The van der Waals surface area contributed by atoms with E-state index < -0.39 is 28.6 Å². The molecule has 0 saturated heterocycles. The van der Waals surface area contributed by atoms with Crippen molar-refractivity contribution in [1.82, 2.24) is 9.36 Å². The molecule has 1 heterocycles. The summed E-state index contributed by atoms with van der Waals surface area (Å²) in [6, 6.07) is 0. The van der Waals surface area contributed by atoms with E-state index >= 15 is 0 Å². The fraction of sp³-hybridized carbons (Fsp3) is 0.773. The Bertz CT molecular complexity index is 733. The maximum absolute atomic E-state index is 13.4. The predicted molar refractivity (Wildman–Crippen MR) is 118 cm³/mol. The number of aryl methyl sites for hydroxylation is 1. The minimum Gasteiger partial charge on any atom is -0.466 e. The topological polar surface area (TPSA) is 105 Å². The van der Waals surface area contributed by atoms with E-state index in [0.717, 1.165) is 11.5 Å². The average Bonchev–Trinajstić information content (AvgIpc) is 3.01. The highest BCUT2D eigenvalue weighted by Crippen LogP contribution is 2.37. The van der Waals surface area contributed by atoms with Crippen molar-refractivity contribution in [3.63, 3.8) is 0 Å². The number of carbonyl (C=O) groups excluding carboxylic acids is 3. The zero-order valence-electron chi connectivity index (χ0n) is 20.0. The summed E-state index contributed by atoms with van der Waals surface area (Å²) in [6.07, 6.45) is 2.15. The molecule has 1 aromatic rings. The molecule has 8 nitrogen and oxygen atoms in total. The van der Waals surface area contributed by atoms with Crippen LogP contribution in [-0.2, 0) is 34.0 Å². The number of rotatable bonds is 10. The Morgan fingerprint density at radius 3 is 1.87 bits per heavy atom. The lowest BCUT2D eigenvalue weighted by Gasteiger charge is -2.33. The van der Waals surface area contributed by atoms with Crippen LogP contribution in [0.5, 0.6) is 0 Å². The van der Waals surface area contributed by atoms with Crippen LogP contribution in [0.1, 0.15) is 91.4 Å². The van der Waals surface area contributed by atoms with Crippen LogP contribution >= 0.6 is 11.5 Å². The summed E-state index contributed by atoms with van der Waals surface area (Å²) >= 11 is 1.00. The molecule has 0 aliphatic heterocycles. The van der Waals surface area contributed by atoms with Crippen molar-refractivity contribution in [2.45, 2.75) is 104 Å². The van der Waals surface area contributed by atoms with Crippen LogP contribution in [0.2, 0.25) is 0 Å². The molecule has 0 fully saturated rings. The Morgan fingerprint density at radius 2 is 1.45 bits per heavy atom. The third kappa shape index (κ3) is 8.55. The normalized spacial score (nSPS) is 12.4. The predicted octanol–water partition coefficient (Wildman–Crippen LogP) is 4.28. The van der Waals surface area contributed by atoms with Gasteiger partial charge in [0.15, 0.2) is 0 Å². The van der Waals surface area contributed by atoms with Crippen molar-refractivity contribution in [1.29, 1.82) is 0 Å². The minimum atomic E-state index is -1.71. The first-order valence-electron chi connectivity index (χ1n) is 10.6. The first-order chi connectivity index (χ1) is 14.2. The lowest BCUT2D eigenvalue weighted by molar-refractivity contribution is -0.178. The molecule has 0 bridgehead atoms. The third-order valence-electron chi connectivity index (χ3n) is 4.13. The second-order valence-electron chi connectivity index (χ2n) is 9.42. The van der Waals surface area contributed by atoms with Crippen LogP contribution in [0.4, 0.5) is 0 Å². The molecule has 176 valence electrons. The fourth-order valence-corrected chi connectivity index (χ4v) is 3.70. The van der Waals surface area contributed by atoms with Crippen molar-refractivity contribution >= 4 is 29.4 Å². The van der Waals surface area contributed by atoms with Gasteiger partial charge in [0.25, 0.3) is 0 Å². The number of nitrogens with zero attached hydrogens (tertiary/aromatic N) is 2. The van der Waals surface area contributed by atoms with Gasteiger partial charge >= 0.3 is 17.9 Å². The van der Waals surface area contributed by atoms with Gasteiger partial charge in [-0.25, -0.2) is 4.98 Å². The van der Waals surface area contributed by atoms with Gasteiger partial charge in [-0.05, 0) is 79.8 Å². The number of ether oxygens (including phenoxy) is 3. The van der Waals surface area contributed by atoms with Gasteiger partial charge in [0.05, 0.1) is 6.61 Å². The Balaban J connectivity index is 3.21. The molecule has 0 atom stereocenters. The SMILES string of the molecule is CCOC(=O)CCCCCC(C(=O)OC(C)(C)C)(C(=O)OC(C)(C)C)c1nc(C)ns1. The summed E-state index contributed by atoms with van der Waals surface area (Å²) in [6.45, 7) is 14.3. The van der Waals surface area contributed by atoms with Crippen molar-refractivity contribution in [3.05, 3.63) is 10.8 Å². The maximum atomic E-state index is 13.4. The number of esters is 3. The molecule has 0 N–H and O–H groups in total. The molecule has 0 aliphatic rings. The van der Waals surface area contributed by atoms with Crippen LogP contribution in [0.25, 0.3) is 0 Å². The van der Waals surface area contributed by atoms with Crippen molar-refractivity contribution in [2.24, 2.45) is 0 Å². The highest BCUT2D eigenvalue weighted by atomic mass is 32.1. The van der Waals surface area contributed by atoms with Gasteiger partial charge in [0, 0.05) is 6.42 Å². The van der Waals surface area contributed by atoms with Crippen molar-refractivity contribution < 1.29 is 28.6 Å². The standard InChI is InChI=1S/C22H36N2O6S/c1-9-28-16(25)13-11-10-12-14-22(17-23-15(2)24-31-17,18(26)29-20(3,4)5)19(27)30-21(6,7)8/h9-14H2,1-8H3. The van der Waals surface area contributed by atoms with E-state index in [4.69, 9.17) is 14.2 Å². The molecular formula is C22H36N2O6S. The smallest absolute Gasteiger partial charge is 0.331 e. The van der Waals surface area contributed by atoms with Crippen LogP contribution in [0.3, 0.4) is 0 Å². The summed E-state index contributed by atoms with van der Waals surface area (Å²) in [5, 5.41) is 0.263. The van der Waals surface area contributed by atoms with E-state index in [1.54, 1.807) is 55.4 Å². The summed E-state index contributed by atoms with van der Waals surface area (Å²) in [5.41, 5.74) is -3.31. The minimum absolute atomic E-state index is 0.147. The third-order valence-corrected chi connectivity index (χ3v) is 5.09. The Hall–Kier alpha value is -2.03. The van der Waals surface area contributed by atoms with Gasteiger partial charge < -0.3 is 14.2 Å². The van der Waals surface area contributed by atoms with Crippen molar-refractivity contribution in [2.75, 3.05) is 6.61 Å². The summed E-state index contributed by atoms with van der Waals surface area (Å²) in [5.74, 6) is -1.18. The molecule has 31 heavy (non-hydrogen) atoms. The van der Waals surface area contributed by atoms with E-state index in [1.807, 2.05) is 0 Å². The second-order valence-corrected chi connectivity index (χ2v) is 10.2. The molecule has 0 radical (unpaired) electrons. The largest absolute Gasteiger partial charge is 0.466 e. The number of unbranched alkanes of at least 4 members (excludes halogenated alkanes) is 2. The van der Waals surface area contributed by atoms with Crippen LogP contribution in [-0.4, -0.2) is 45.1 Å². The number of hydrogen-bond acceptors (Lipinski definition) is 9. The molecule has 0 aromatic carbocycles. The first kappa shape index (κ1) is 27.0. The van der Waals surface area contributed by atoms with Crippen LogP contribution in [0, 0.1) is 6.92 Å². The molecule has 1 aromatic heterocycles. The molecule has 0 aliphatic carbocycles. The second kappa shape index (κ2) is 11.0. The average molecular weight is 457 g/mol. The summed E-state index contributed by atoms with van der Waals surface area (Å²) < 4.78 is 20.4. The first-order valence-corrected chi connectivity index (χ1v) is 11.4. The molecule has 0 unspecified atom stereocenters. The maximum Gasteiger partial charge on any atom is 0.331 e. The zero-order chi connectivity index (χ0) is 23.9. The highest BCUT2D eigenvalue weighted by molar-refractivity contribution is 7.06. The lowest BCUT2D eigenvalue weighted by atomic mass is 9.82. The van der Waals surface area contributed by atoms with Gasteiger partial charge in [-0.1, -0.05) is 12.8 Å².